The fourth-order valence-corrected chi connectivity index (χ4v) is 5.64. The van der Waals surface area contributed by atoms with Gasteiger partial charge in [-0.3, -0.25) is 0 Å². The summed E-state index contributed by atoms with van der Waals surface area (Å²) in [7, 11) is 1.51. The first-order valence-corrected chi connectivity index (χ1v) is 12.0. The monoisotopic (exact) mass is 549 g/mol. The summed E-state index contributed by atoms with van der Waals surface area (Å²) in [4.78, 5) is 0.778. The molecule has 0 bridgehead atoms. The molecule has 2 aliphatic rings. The third-order valence-corrected chi connectivity index (χ3v) is 7.88. The van der Waals surface area contributed by atoms with Crippen LogP contribution in [0.3, 0.4) is 0 Å². The summed E-state index contributed by atoms with van der Waals surface area (Å²) in [5.41, 5.74) is -0.189. The molecule has 180 valence electrons. The zero-order chi connectivity index (χ0) is 24.1. The van der Waals surface area contributed by atoms with E-state index in [0.717, 1.165) is 17.0 Å². The molecule has 4 unspecified atom stereocenters. The highest BCUT2D eigenvalue weighted by Gasteiger charge is 2.57. The fourth-order valence-electron chi connectivity index (χ4n) is 3.98. The molecule has 3 aromatic rings. The molecular weight excluding hydrogens is 535 g/mol. The van der Waals surface area contributed by atoms with Crippen molar-refractivity contribution in [3.8, 4) is 11.3 Å². The average Bonchev–Trinajstić information content (AvgIpc) is 3.29. The lowest BCUT2D eigenvalue weighted by Crippen LogP contribution is -2.67. The van der Waals surface area contributed by atoms with Crippen LogP contribution in [0, 0.1) is 11.6 Å². The first-order chi connectivity index (χ1) is 16.3. The van der Waals surface area contributed by atoms with Crippen molar-refractivity contribution in [3.63, 3.8) is 0 Å². The van der Waals surface area contributed by atoms with E-state index in [1.165, 1.54) is 29.8 Å². The molecule has 0 amide bonds. The smallest absolute Gasteiger partial charge is 0.184 e. The number of fused-ring (bicyclic) bond motifs is 1. The molecule has 2 aromatic carbocycles. The molecule has 1 N–H and O–H groups in total. The maximum atomic E-state index is 13.9. The van der Waals surface area contributed by atoms with Crippen LogP contribution in [0.5, 0.6) is 0 Å². The van der Waals surface area contributed by atoms with Crippen molar-refractivity contribution in [2.45, 2.75) is 41.0 Å². The summed E-state index contributed by atoms with van der Waals surface area (Å²) in [5, 5.41) is 18.5. The van der Waals surface area contributed by atoms with Crippen LogP contribution in [0.1, 0.15) is 6.04 Å². The van der Waals surface area contributed by atoms with E-state index in [0.29, 0.717) is 10.0 Å². The summed E-state index contributed by atoms with van der Waals surface area (Å²) < 4.78 is 46.7. The lowest BCUT2D eigenvalue weighted by Gasteiger charge is -2.52. The predicted molar refractivity (Wildman–Crippen MR) is 122 cm³/mol. The molecule has 2 saturated heterocycles. The topological polar surface area (TPSA) is 78.6 Å². The van der Waals surface area contributed by atoms with E-state index >= 15 is 0 Å². The molecule has 7 nitrogen and oxygen atoms in total. The second-order valence-corrected chi connectivity index (χ2v) is 10.0. The summed E-state index contributed by atoms with van der Waals surface area (Å²) >= 11 is 19.1. The number of hydrogen-bond acceptors (Lipinski definition) is 7. The fraction of sp³-hybridized carbons (Fsp3) is 0.333. The van der Waals surface area contributed by atoms with Gasteiger partial charge in [-0.25, -0.2) is 13.5 Å². The van der Waals surface area contributed by atoms with Gasteiger partial charge in [-0.15, -0.1) is 5.10 Å². The lowest BCUT2D eigenvalue weighted by atomic mass is 9.92. The molecular formula is C21H16Cl3F2N3O4S. The van der Waals surface area contributed by atoms with Crippen LogP contribution in [-0.2, 0) is 14.2 Å². The average molecular weight is 551 g/mol. The quantitative estimate of drug-likeness (QED) is 0.449. The molecule has 3 heterocycles. The van der Waals surface area contributed by atoms with E-state index in [-0.39, 0.29) is 11.3 Å². The van der Waals surface area contributed by atoms with Gasteiger partial charge in [0, 0.05) is 17.6 Å². The Morgan fingerprint density at radius 2 is 1.79 bits per heavy atom. The first-order valence-electron chi connectivity index (χ1n) is 9.97. The van der Waals surface area contributed by atoms with Crippen LogP contribution in [-0.4, -0.2) is 57.2 Å². The largest absolute Gasteiger partial charge is 0.375 e. The zero-order valence-electron chi connectivity index (χ0n) is 17.2. The van der Waals surface area contributed by atoms with Crippen molar-refractivity contribution in [1.29, 1.82) is 0 Å². The number of rotatable bonds is 5. The SMILES string of the molecule is COC1C(n2cc(-c3cc(F)c(Cl)c(F)c3)nn2)[C@H]2OC(O)C2O[C@@H]1Sc1ccc(Cl)c(Cl)c1. The van der Waals surface area contributed by atoms with Gasteiger partial charge >= 0.3 is 0 Å². The Morgan fingerprint density at radius 1 is 1.06 bits per heavy atom. The predicted octanol–water partition coefficient (Wildman–Crippen LogP) is 4.97. The van der Waals surface area contributed by atoms with Crippen molar-refractivity contribution in [3.05, 3.63) is 63.2 Å². The third kappa shape index (κ3) is 4.31. The second-order valence-electron chi connectivity index (χ2n) is 7.68. The number of benzene rings is 2. The van der Waals surface area contributed by atoms with E-state index in [9.17, 15) is 13.9 Å². The van der Waals surface area contributed by atoms with Crippen LogP contribution in [0.4, 0.5) is 8.78 Å². The molecule has 0 radical (unpaired) electrons. The van der Waals surface area contributed by atoms with Crippen LogP contribution in [0.25, 0.3) is 11.3 Å². The highest BCUT2D eigenvalue weighted by molar-refractivity contribution is 7.99. The van der Waals surface area contributed by atoms with Crippen molar-refractivity contribution in [2.75, 3.05) is 7.11 Å². The highest BCUT2D eigenvalue weighted by atomic mass is 35.5. The van der Waals surface area contributed by atoms with Crippen molar-refractivity contribution >= 4 is 46.6 Å². The van der Waals surface area contributed by atoms with Gasteiger partial charge in [0.1, 0.15) is 52.1 Å². The normalized spacial score (nSPS) is 28.4. The van der Waals surface area contributed by atoms with Gasteiger partial charge in [-0.1, -0.05) is 51.8 Å². The molecule has 6 atom stereocenters. The minimum Gasteiger partial charge on any atom is -0.375 e. The molecule has 1 aromatic heterocycles. The number of halogens is 5. The molecule has 2 fully saturated rings. The van der Waals surface area contributed by atoms with E-state index in [1.54, 1.807) is 18.2 Å². The molecule has 0 spiro atoms. The maximum absolute atomic E-state index is 13.9. The van der Waals surface area contributed by atoms with E-state index in [1.807, 2.05) is 0 Å². The number of aliphatic hydroxyl groups is 1. The number of thioether (sulfide) groups is 1. The number of nitrogens with zero attached hydrogens (tertiary/aromatic N) is 3. The van der Waals surface area contributed by atoms with E-state index < -0.39 is 52.7 Å². The van der Waals surface area contributed by atoms with Gasteiger partial charge in [0.05, 0.1) is 16.2 Å². The molecule has 13 heteroatoms. The summed E-state index contributed by atoms with van der Waals surface area (Å²) in [6.07, 6.45) is -1.42. The maximum Gasteiger partial charge on any atom is 0.184 e. The molecule has 5 rings (SSSR count). The Hall–Kier alpha value is -1.50. The Balaban J connectivity index is 1.47. The number of ether oxygens (including phenoxy) is 3. The van der Waals surface area contributed by atoms with Crippen molar-refractivity contribution < 1.29 is 28.1 Å². The molecule has 0 saturated carbocycles. The highest BCUT2D eigenvalue weighted by Crippen LogP contribution is 2.46. The Bertz CT molecular complexity index is 1210. The first kappa shape index (κ1) is 24.2. The summed E-state index contributed by atoms with van der Waals surface area (Å²) in [6.45, 7) is 0. The van der Waals surface area contributed by atoms with Crippen LogP contribution < -0.4 is 0 Å². The lowest BCUT2D eigenvalue weighted by molar-refractivity contribution is -0.363. The number of hydrogen-bond donors (Lipinski definition) is 1. The minimum atomic E-state index is -1.12. The summed E-state index contributed by atoms with van der Waals surface area (Å²) in [6, 6.07) is 6.76. The van der Waals surface area contributed by atoms with Crippen molar-refractivity contribution in [2.24, 2.45) is 0 Å². The van der Waals surface area contributed by atoms with Gasteiger partial charge in [0.2, 0.25) is 0 Å². The van der Waals surface area contributed by atoms with E-state index in [2.05, 4.69) is 10.3 Å². The van der Waals surface area contributed by atoms with Gasteiger partial charge < -0.3 is 19.3 Å². The number of aromatic nitrogens is 3. The standard InChI is InChI=1S/C21H16Cl3F2N3O4S/c1-31-18-16(29-7-14(27-28-29)8-4-12(25)15(24)13(26)5-8)17-19(20(30)32-17)33-21(18)34-9-2-3-10(22)11(23)6-9/h2-7,16-21,30H,1H3/t16?,17-,18?,19?,20?,21-/m1/s1. The Kier molecular flexibility index (Phi) is 6.77. The molecule has 34 heavy (non-hydrogen) atoms. The Labute approximate surface area is 211 Å². The minimum absolute atomic E-state index is 0.166. The zero-order valence-corrected chi connectivity index (χ0v) is 20.3. The van der Waals surface area contributed by atoms with Crippen LogP contribution in [0.2, 0.25) is 15.1 Å². The number of aliphatic hydroxyl groups excluding tert-OH is 1. The molecule has 2 aliphatic heterocycles. The third-order valence-electron chi connectivity index (χ3n) is 5.64. The molecule has 0 aliphatic carbocycles. The van der Waals surface area contributed by atoms with Gasteiger partial charge in [0.15, 0.2) is 6.29 Å². The summed E-state index contributed by atoms with van der Waals surface area (Å²) in [5.74, 6) is -1.81. The van der Waals surface area contributed by atoms with Crippen LogP contribution >= 0.6 is 46.6 Å². The number of methoxy groups -OCH3 is 1. The van der Waals surface area contributed by atoms with Crippen LogP contribution in [0.15, 0.2) is 41.4 Å². The van der Waals surface area contributed by atoms with E-state index in [4.69, 9.17) is 49.0 Å². The Morgan fingerprint density at radius 3 is 2.44 bits per heavy atom. The van der Waals surface area contributed by atoms with Gasteiger partial charge in [-0.05, 0) is 30.3 Å². The van der Waals surface area contributed by atoms with Gasteiger partial charge in [0.25, 0.3) is 0 Å². The van der Waals surface area contributed by atoms with Crippen molar-refractivity contribution in [1.82, 2.24) is 15.0 Å². The van der Waals surface area contributed by atoms with Gasteiger partial charge in [-0.2, -0.15) is 0 Å². The second kappa shape index (κ2) is 9.51.